The molecular weight excluding hydrogens is 440 g/mol. The average molecular weight is 469 g/mol. The van der Waals surface area contributed by atoms with Crippen LogP contribution in [0.4, 0.5) is 0 Å². The van der Waals surface area contributed by atoms with E-state index < -0.39 is 28.6 Å². The Morgan fingerprint density at radius 2 is 1.82 bits per heavy atom. The van der Waals surface area contributed by atoms with Crippen molar-refractivity contribution in [1.82, 2.24) is 9.71 Å². The minimum absolute atomic E-state index is 0.00956. The molecule has 1 aromatic heterocycles. The zero-order chi connectivity index (χ0) is 24.1. The molecule has 2 N–H and O–H groups in total. The zero-order valence-corrected chi connectivity index (χ0v) is 19.7. The summed E-state index contributed by atoms with van der Waals surface area (Å²) in [7, 11) is -3.85. The van der Waals surface area contributed by atoms with Crippen molar-refractivity contribution in [2.24, 2.45) is 0 Å². The number of sulfonamides is 1. The number of carboxylic acids is 1. The monoisotopic (exact) mass is 468 g/mol. The molecule has 0 aliphatic heterocycles. The fraction of sp³-hybridized carbons (Fsp3) is 0.280. The van der Waals surface area contributed by atoms with E-state index in [4.69, 9.17) is 9.84 Å². The van der Waals surface area contributed by atoms with Crippen molar-refractivity contribution in [3.05, 3.63) is 89.7 Å². The van der Waals surface area contributed by atoms with E-state index in [1.54, 1.807) is 30.3 Å². The van der Waals surface area contributed by atoms with Gasteiger partial charge in [0.2, 0.25) is 10.0 Å². The molecule has 174 valence electrons. The van der Waals surface area contributed by atoms with Crippen molar-refractivity contribution in [2.75, 3.05) is 6.61 Å². The van der Waals surface area contributed by atoms with Crippen molar-refractivity contribution in [2.45, 2.75) is 43.5 Å². The van der Waals surface area contributed by atoms with Gasteiger partial charge in [0, 0.05) is 12.4 Å². The standard InChI is InChI=1S/C25H28N2O5S/c1-25(2,3)20-11-9-18(10-12-20)14-23(27-33(30,31)22-8-5-13-26-16-22)19-6-4-7-21(15-19)32-17-24(28)29/h4-13,15-16,23,27H,14,17H2,1-3H3,(H,28,29). The van der Waals surface area contributed by atoms with Crippen LogP contribution in [-0.2, 0) is 26.7 Å². The third kappa shape index (κ3) is 6.87. The summed E-state index contributed by atoms with van der Waals surface area (Å²) in [6.07, 6.45) is 3.20. The summed E-state index contributed by atoms with van der Waals surface area (Å²) in [4.78, 5) is 14.8. The highest BCUT2D eigenvalue weighted by Gasteiger charge is 2.23. The van der Waals surface area contributed by atoms with E-state index in [1.165, 1.54) is 24.0 Å². The van der Waals surface area contributed by atoms with Crippen molar-refractivity contribution < 1.29 is 23.1 Å². The van der Waals surface area contributed by atoms with E-state index in [2.05, 4.69) is 42.6 Å². The van der Waals surface area contributed by atoms with Gasteiger partial charge >= 0.3 is 5.97 Å². The first-order valence-electron chi connectivity index (χ1n) is 10.5. The van der Waals surface area contributed by atoms with Crippen molar-refractivity contribution in [3.8, 4) is 5.75 Å². The summed E-state index contributed by atoms with van der Waals surface area (Å²) in [6.45, 7) is 5.92. The summed E-state index contributed by atoms with van der Waals surface area (Å²) >= 11 is 0. The Balaban J connectivity index is 1.93. The Morgan fingerprint density at radius 1 is 1.09 bits per heavy atom. The Morgan fingerprint density at radius 3 is 2.42 bits per heavy atom. The van der Waals surface area contributed by atoms with Gasteiger partial charge < -0.3 is 9.84 Å². The van der Waals surface area contributed by atoms with Crippen LogP contribution in [0.3, 0.4) is 0 Å². The van der Waals surface area contributed by atoms with Gasteiger partial charge in [0.25, 0.3) is 0 Å². The lowest BCUT2D eigenvalue weighted by molar-refractivity contribution is -0.139. The van der Waals surface area contributed by atoms with E-state index in [0.717, 1.165) is 5.56 Å². The summed E-state index contributed by atoms with van der Waals surface area (Å²) in [5.74, 6) is -0.739. The van der Waals surface area contributed by atoms with Gasteiger partial charge in [-0.3, -0.25) is 4.98 Å². The number of pyridine rings is 1. The van der Waals surface area contributed by atoms with Crippen LogP contribution < -0.4 is 9.46 Å². The van der Waals surface area contributed by atoms with Crippen LogP contribution in [0.25, 0.3) is 0 Å². The quantitative estimate of drug-likeness (QED) is 0.490. The topological polar surface area (TPSA) is 106 Å². The number of benzene rings is 2. The van der Waals surface area contributed by atoms with Crippen LogP contribution in [-0.4, -0.2) is 31.1 Å². The third-order valence-corrected chi connectivity index (χ3v) is 6.58. The highest BCUT2D eigenvalue weighted by atomic mass is 32.2. The van der Waals surface area contributed by atoms with Gasteiger partial charge in [-0.25, -0.2) is 17.9 Å². The first-order valence-corrected chi connectivity index (χ1v) is 12.0. The smallest absolute Gasteiger partial charge is 0.341 e. The second-order valence-corrected chi connectivity index (χ2v) is 10.5. The van der Waals surface area contributed by atoms with Crippen LogP contribution in [0, 0.1) is 0 Å². The molecule has 0 radical (unpaired) electrons. The van der Waals surface area contributed by atoms with Gasteiger partial charge in [0.05, 0.1) is 6.04 Å². The molecule has 0 saturated heterocycles. The molecule has 0 saturated carbocycles. The van der Waals surface area contributed by atoms with E-state index in [9.17, 15) is 13.2 Å². The summed E-state index contributed by atoms with van der Waals surface area (Å²) in [5, 5.41) is 8.88. The maximum Gasteiger partial charge on any atom is 0.341 e. The van der Waals surface area contributed by atoms with Gasteiger partial charge in [-0.05, 0) is 52.8 Å². The van der Waals surface area contributed by atoms with Crippen molar-refractivity contribution in [1.29, 1.82) is 0 Å². The minimum atomic E-state index is -3.85. The van der Waals surface area contributed by atoms with Gasteiger partial charge in [-0.15, -0.1) is 0 Å². The van der Waals surface area contributed by atoms with Crippen LogP contribution in [0.15, 0.2) is 78.0 Å². The molecule has 1 heterocycles. The fourth-order valence-corrected chi connectivity index (χ4v) is 4.52. The van der Waals surface area contributed by atoms with Gasteiger partial charge in [-0.2, -0.15) is 0 Å². The Kier molecular flexibility index (Phi) is 7.50. The van der Waals surface area contributed by atoms with E-state index in [0.29, 0.717) is 17.7 Å². The van der Waals surface area contributed by atoms with Crippen LogP contribution in [0.5, 0.6) is 5.75 Å². The van der Waals surface area contributed by atoms with Crippen LogP contribution in [0.2, 0.25) is 0 Å². The maximum atomic E-state index is 13.0. The summed E-state index contributed by atoms with van der Waals surface area (Å²) in [6, 6.07) is 17.3. The molecule has 2 aromatic carbocycles. The molecule has 3 rings (SSSR count). The molecule has 0 fully saturated rings. The Hall–Kier alpha value is -3.23. The second-order valence-electron chi connectivity index (χ2n) is 8.77. The maximum absolute atomic E-state index is 13.0. The number of hydrogen-bond donors (Lipinski definition) is 2. The van der Waals surface area contributed by atoms with Crippen LogP contribution in [0.1, 0.15) is 43.5 Å². The Labute approximate surface area is 194 Å². The number of nitrogens with one attached hydrogen (secondary N) is 1. The molecule has 0 bridgehead atoms. The molecule has 0 amide bonds. The minimum Gasteiger partial charge on any atom is -0.482 e. The number of rotatable bonds is 9. The molecule has 1 unspecified atom stereocenters. The molecule has 0 aliphatic carbocycles. The normalized spacial score (nSPS) is 12.8. The zero-order valence-electron chi connectivity index (χ0n) is 18.9. The largest absolute Gasteiger partial charge is 0.482 e. The van der Waals surface area contributed by atoms with Gasteiger partial charge in [0.15, 0.2) is 6.61 Å². The number of carbonyl (C=O) groups is 1. The molecule has 8 heteroatoms. The first-order chi connectivity index (χ1) is 15.5. The molecule has 3 aromatic rings. The lowest BCUT2D eigenvalue weighted by atomic mass is 9.86. The number of hydrogen-bond acceptors (Lipinski definition) is 5. The highest BCUT2D eigenvalue weighted by molar-refractivity contribution is 7.89. The van der Waals surface area contributed by atoms with E-state index >= 15 is 0 Å². The highest BCUT2D eigenvalue weighted by Crippen LogP contribution is 2.27. The number of carboxylic acid groups (broad SMARTS) is 1. The summed E-state index contributed by atoms with van der Waals surface area (Å²) < 4.78 is 34.1. The van der Waals surface area contributed by atoms with Gasteiger partial charge in [-0.1, -0.05) is 57.2 Å². The summed E-state index contributed by atoms with van der Waals surface area (Å²) in [5.41, 5.74) is 2.81. The number of ether oxygens (including phenoxy) is 1. The van der Waals surface area contributed by atoms with Gasteiger partial charge in [0.1, 0.15) is 10.6 Å². The molecule has 7 nitrogen and oxygen atoms in total. The predicted octanol–water partition coefficient (Wildman–Crippen LogP) is 4.10. The molecule has 0 aliphatic rings. The van der Waals surface area contributed by atoms with E-state index in [-0.39, 0.29) is 10.3 Å². The first kappa shape index (κ1) is 24.4. The molecule has 0 spiro atoms. The Bertz CT molecular complexity index is 1190. The van der Waals surface area contributed by atoms with E-state index in [1.807, 2.05) is 12.1 Å². The number of aliphatic carboxylic acids is 1. The lowest BCUT2D eigenvalue weighted by Gasteiger charge is -2.22. The predicted molar refractivity (Wildman–Crippen MR) is 126 cm³/mol. The number of aromatic nitrogens is 1. The molecule has 1 atom stereocenters. The number of nitrogens with zero attached hydrogens (tertiary/aromatic N) is 1. The second kappa shape index (κ2) is 10.1. The average Bonchev–Trinajstić information content (AvgIpc) is 2.78. The SMILES string of the molecule is CC(C)(C)c1ccc(CC(NS(=O)(=O)c2cccnc2)c2cccc(OCC(=O)O)c2)cc1. The molecule has 33 heavy (non-hydrogen) atoms. The van der Waals surface area contributed by atoms with Crippen molar-refractivity contribution in [3.63, 3.8) is 0 Å². The van der Waals surface area contributed by atoms with Crippen molar-refractivity contribution >= 4 is 16.0 Å². The third-order valence-electron chi connectivity index (χ3n) is 5.12. The fourth-order valence-electron chi connectivity index (χ4n) is 3.33. The van der Waals surface area contributed by atoms with Crippen LogP contribution >= 0.6 is 0 Å². The lowest BCUT2D eigenvalue weighted by Crippen LogP contribution is -2.30. The molecular formula is C25H28N2O5S.